The Balaban J connectivity index is 2.41. The molecule has 1 atom stereocenters. The van der Waals surface area contributed by atoms with E-state index in [4.69, 9.17) is 28.3 Å². The molecule has 1 aromatic carbocycles. The molecule has 0 saturated heterocycles. The van der Waals surface area contributed by atoms with Crippen molar-refractivity contribution >= 4 is 29.2 Å². The first-order valence-electron chi connectivity index (χ1n) is 7.98. The molecule has 1 unspecified atom stereocenters. The van der Waals surface area contributed by atoms with Gasteiger partial charge in [-0.3, -0.25) is 9.59 Å². The van der Waals surface area contributed by atoms with Crippen LogP contribution >= 0.6 is 23.2 Å². The van der Waals surface area contributed by atoms with E-state index < -0.39 is 5.97 Å². The smallest absolute Gasteiger partial charge is 0.307 e. The van der Waals surface area contributed by atoms with Crippen molar-refractivity contribution in [2.24, 2.45) is 7.05 Å². The van der Waals surface area contributed by atoms with Crippen LogP contribution in [0.4, 0.5) is 0 Å². The predicted molar refractivity (Wildman–Crippen MR) is 98.8 cm³/mol. The number of aliphatic carboxylic acids is 1. The molecule has 0 aliphatic rings. The number of rotatable bonds is 6. The van der Waals surface area contributed by atoms with Gasteiger partial charge in [0, 0.05) is 29.1 Å². The number of carbonyl (C=O) groups is 1. The Hall–Kier alpha value is -1.85. The maximum absolute atomic E-state index is 12.2. The van der Waals surface area contributed by atoms with Gasteiger partial charge in [-0.1, -0.05) is 37.0 Å². The molecule has 0 radical (unpaired) electrons. The third-order valence-corrected chi connectivity index (χ3v) is 4.87. The number of nitrogens with zero attached hydrogens (tertiary/aromatic N) is 2. The zero-order chi connectivity index (χ0) is 18.7. The standard InChI is InChI=1S/C18H20Cl2N2O3/c1-4-10(2)13-8-12(21-22(3)18(13)25)9-14-15(19)5-11(6-16(14)20)7-17(23)24/h5-6,8,10H,4,7,9H2,1-3H3,(H,23,24). The molecule has 7 heteroatoms. The van der Waals surface area contributed by atoms with Gasteiger partial charge in [0.1, 0.15) is 0 Å². The average molecular weight is 383 g/mol. The summed E-state index contributed by atoms with van der Waals surface area (Å²) in [5.41, 5.74) is 2.50. The van der Waals surface area contributed by atoms with Gasteiger partial charge in [0.25, 0.3) is 5.56 Å². The molecule has 1 aromatic heterocycles. The first-order chi connectivity index (χ1) is 11.7. The molecule has 0 spiro atoms. The highest BCUT2D eigenvalue weighted by Gasteiger charge is 2.15. The van der Waals surface area contributed by atoms with Gasteiger partial charge in [0.15, 0.2) is 0 Å². The second-order valence-electron chi connectivity index (χ2n) is 6.11. The Labute approximate surface area is 156 Å². The third kappa shape index (κ3) is 4.61. The van der Waals surface area contributed by atoms with E-state index in [1.165, 1.54) is 4.68 Å². The lowest BCUT2D eigenvalue weighted by molar-refractivity contribution is -0.136. The van der Waals surface area contributed by atoms with Crippen molar-refractivity contribution in [2.45, 2.75) is 39.0 Å². The van der Waals surface area contributed by atoms with Gasteiger partial charge in [0.2, 0.25) is 0 Å². The van der Waals surface area contributed by atoms with Gasteiger partial charge in [-0.15, -0.1) is 0 Å². The van der Waals surface area contributed by atoms with Gasteiger partial charge in [-0.2, -0.15) is 5.10 Å². The fourth-order valence-corrected chi connectivity index (χ4v) is 3.30. The molecule has 1 heterocycles. The second kappa shape index (κ2) is 8.02. The molecule has 25 heavy (non-hydrogen) atoms. The van der Waals surface area contributed by atoms with Crippen molar-refractivity contribution in [1.29, 1.82) is 0 Å². The molecule has 0 bridgehead atoms. The second-order valence-corrected chi connectivity index (χ2v) is 6.93. The first kappa shape index (κ1) is 19.5. The monoisotopic (exact) mass is 382 g/mol. The quantitative estimate of drug-likeness (QED) is 0.823. The number of benzene rings is 1. The molecule has 5 nitrogen and oxygen atoms in total. The molecule has 0 amide bonds. The number of halogens is 2. The third-order valence-electron chi connectivity index (χ3n) is 4.20. The van der Waals surface area contributed by atoms with Gasteiger partial charge < -0.3 is 5.11 Å². The number of aryl methyl sites for hydroxylation is 1. The van der Waals surface area contributed by atoms with Crippen LogP contribution in [0.5, 0.6) is 0 Å². The van der Waals surface area contributed by atoms with Crippen LogP contribution in [0.25, 0.3) is 0 Å². The normalized spacial score (nSPS) is 12.2. The number of carboxylic acid groups (broad SMARTS) is 1. The van der Waals surface area contributed by atoms with Crippen LogP contribution in [0.3, 0.4) is 0 Å². The van der Waals surface area contributed by atoms with E-state index in [0.717, 1.165) is 6.42 Å². The molecular weight excluding hydrogens is 363 g/mol. The average Bonchev–Trinajstić information content (AvgIpc) is 2.52. The summed E-state index contributed by atoms with van der Waals surface area (Å²) in [6, 6.07) is 5.01. The molecular formula is C18H20Cl2N2O3. The van der Waals surface area contributed by atoms with Crippen molar-refractivity contribution in [3.05, 3.63) is 61.0 Å². The maximum Gasteiger partial charge on any atom is 0.307 e. The highest BCUT2D eigenvalue weighted by atomic mass is 35.5. The van der Waals surface area contributed by atoms with E-state index in [9.17, 15) is 9.59 Å². The highest BCUT2D eigenvalue weighted by molar-refractivity contribution is 6.36. The Morgan fingerprint density at radius 3 is 2.40 bits per heavy atom. The maximum atomic E-state index is 12.2. The predicted octanol–water partition coefficient (Wildman–Crippen LogP) is 3.82. The van der Waals surface area contributed by atoms with Crippen LogP contribution in [0.1, 0.15) is 48.6 Å². The van der Waals surface area contributed by atoms with Crippen LogP contribution in [-0.4, -0.2) is 20.9 Å². The Bertz CT molecular complexity index is 839. The summed E-state index contributed by atoms with van der Waals surface area (Å²) in [6.07, 6.45) is 1.07. The van der Waals surface area contributed by atoms with E-state index in [1.54, 1.807) is 25.2 Å². The SMILES string of the molecule is CCC(C)c1cc(Cc2c(Cl)cc(CC(=O)O)cc2Cl)nn(C)c1=O. The summed E-state index contributed by atoms with van der Waals surface area (Å²) in [7, 11) is 1.62. The minimum absolute atomic E-state index is 0.105. The number of aromatic nitrogens is 2. The lowest BCUT2D eigenvalue weighted by atomic mass is 9.98. The molecule has 2 aromatic rings. The van der Waals surface area contributed by atoms with Crippen molar-refractivity contribution in [1.82, 2.24) is 9.78 Å². The summed E-state index contributed by atoms with van der Waals surface area (Å²) < 4.78 is 1.33. The lowest BCUT2D eigenvalue weighted by Gasteiger charge is -2.13. The zero-order valence-electron chi connectivity index (χ0n) is 14.3. The summed E-state index contributed by atoms with van der Waals surface area (Å²) in [5, 5.41) is 14.0. The molecule has 0 aliphatic heterocycles. The van der Waals surface area contributed by atoms with Crippen molar-refractivity contribution in [3.63, 3.8) is 0 Å². The Morgan fingerprint density at radius 1 is 1.28 bits per heavy atom. The van der Waals surface area contributed by atoms with Gasteiger partial charge in [0.05, 0.1) is 12.1 Å². The van der Waals surface area contributed by atoms with E-state index in [0.29, 0.717) is 38.9 Å². The number of hydrogen-bond acceptors (Lipinski definition) is 3. The van der Waals surface area contributed by atoms with Crippen molar-refractivity contribution < 1.29 is 9.90 Å². The van der Waals surface area contributed by atoms with Gasteiger partial charge in [-0.05, 0) is 41.7 Å². The van der Waals surface area contributed by atoms with Gasteiger partial charge >= 0.3 is 5.97 Å². The fraction of sp³-hybridized carbons (Fsp3) is 0.389. The van der Waals surface area contributed by atoms with E-state index >= 15 is 0 Å². The van der Waals surface area contributed by atoms with E-state index in [1.807, 2.05) is 13.8 Å². The highest BCUT2D eigenvalue weighted by Crippen LogP contribution is 2.29. The Morgan fingerprint density at radius 2 is 1.88 bits per heavy atom. The largest absolute Gasteiger partial charge is 0.481 e. The first-order valence-corrected chi connectivity index (χ1v) is 8.74. The van der Waals surface area contributed by atoms with E-state index in [-0.39, 0.29) is 17.9 Å². The molecule has 134 valence electrons. The fourth-order valence-electron chi connectivity index (χ4n) is 2.64. The van der Waals surface area contributed by atoms with Crippen LogP contribution in [0.2, 0.25) is 10.0 Å². The topological polar surface area (TPSA) is 72.2 Å². The lowest BCUT2D eigenvalue weighted by Crippen LogP contribution is -2.26. The zero-order valence-corrected chi connectivity index (χ0v) is 15.9. The minimum atomic E-state index is -0.946. The summed E-state index contributed by atoms with van der Waals surface area (Å²) >= 11 is 12.6. The van der Waals surface area contributed by atoms with Crippen LogP contribution in [0.15, 0.2) is 23.0 Å². The number of hydrogen-bond donors (Lipinski definition) is 1. The summed E-state index contributed by atoms with van der Waals surface area (Å²) in [4.78, 5) is 23.1. The molecule has 0 aliphatic carbocycles. The molecule has 0 fully saturated rings. The molecule has 0 saturated carbocycles. The van der Waals surface area contributed by atoms with Gasteiger partial charge in [-0.25, -0.2) is 4.68 Å². The van der Waals surface area contributed by atoms with Crippen molar-refractivity contribution in [3.8, 4) is 0 Å². The Kier molecular flexibility index (Phi) is 6.25. The molecule has 1 N–H and O–H groups in total. The van der Waals surface area contributed by atoms with E-state index in [2.05, 4.69) is 5.10 Å². The van der Waals surface area contributed by atoms with Crippen LogP contribution in [0, 0.1) is 0 Å². The number of carboxylic acids is 1. The summed E-state index contributed by atoms with van der Waals surface area (Å²) in [6.45, 7) is 4.03. The van der Waals surface area contributed by atoms with Crippen LogP contribution < -0.4 is 5.56 Å². The summed E-state index contributed by atoms with van der Waals surface area (Å²) in [5.74, 6) is -0.817. The molecule has 2 rings (SSSR count). The van der Waals surface area contributed by atoms with Crippen molar-refractivity contribution in [2.75, 3.05) is 0 Å². The van der Waals surface area contributed by atoms with Crippen LogP contribution in [-0.2, 0) is 24.7 Å². The minimum Gasteiger partial charge on any atom is -0.481 e.